The second-order valence-electron chi connectivity index (χ2n) is 2.49. The smallest absolute Gasteiger partial charge is 0.157 e. The van der Waals surface area contributed by atoms with Crippen molar-refractivity contribution in [1.29, 1.82) is 0 Å². The number of rotatable bonds is 3. The van der Waals surface area contributed by atoms with Gasteiger partial charge in [-0.05, 0) is 24.2 Å². The van der Waals surface area contributed by atoms with Gasteiger partial charge in [0.05, 0.1) is 6.61 Å². The van der Waals surface area contributed by atoms with Crippen LogP contribution in [0.25, 0.3) is 0 Å². The van der Waals surface area contributed by atoms with E-state index in [1.54, 1.807) is 4.99 Å². The topological polar surface area (TPSA) is 18.5 Å². The van der Waals surface area contributed by atoms with Gasteiger partial charge >= 0.3 is 0 Å². The molecule has 1 aliphatic rings. The Labute approximate surface area is 75.7 Å². The van der Waals surface area contributed by atoms with Crippen LogP contribution in [-0.2, 0) is 9.47 Å². The molecule has 0 aliphatic carbocycles. The lowest BCUT2D eigenvalue weighted by atomic mass is 10.2. The third-order valence-electron chi connectivity index (χ3n) is 1.61. The van der Waals surface area contributed by atoms with Crippen molar-refractivity contribution < 1.29 is 9.47 Å². The van der Waals surface area contributed by atoms with Crippen molar-refractivity contribution in [1.82, 2.24) is 0 Å². The Morgan fingerprint density at radius 2 is 2.45 bits per heavy atom. The first-order chi connectivity index (χ1) is 5.43. The predicted molar refractivity (Wildman–Crippen MR) is 47.6 cm³/mol. The Hall–Kier alpha value is 0.140. The zero-order valence-corrected chi connectivity index (χ0v) is 8.05. The molecule has 0 amide bonds. The molecule has 1 rings (SSSR count). The third kappa shape index (κ3) is 3.89. The van der Waals surface area contributed by atoms with Crippen LogP contribution >= 0.6 is 15.9 Å². The van der Waals surface area contributed by atoms with E-state index >= 15 is 0 Å². The van der Waals surface area contributed by atoms with Crippen LogP contribution in [0.15, 0.2) is 11.1 Å². The normalized spacial score (nSPS) is 26.1. The minimum Gasteiger partial charge on any atom is -0.353 e. The highest BCUT2D eigenvalue weighted by Crippen LogP contribution is 2.13. The van der Waals surface area contributed by atoms with E-state index in [1.807, 2.05) is 6.08 Å². The van der Waals surface area contributed by atoms with E-state index in [2.05, 4.69) is 15.9 Å². The maximum Gasteiger partial charge on any atom is 0.157 e. The summed E-state index contributed by atoms with van der Waals surface area (Å²) in [6, 6.07) is 0. The number of hydrogen-bond acceptors (Lipinski definition) is 2. The van der Waals surface area contributed by atoms with Crippen molar-refractivity contribution in [2.45, 2.75) is 25.6 Å². The van der Waals surface area contributed by atoms with E-state index < -0.39 is 0 Å². The largest absolute Gasteiger partial charge is 0.353 e. The Balaban J connectivity index is 2.04. The molecule has 0 unspecified atom stereocenters. The van der Waals surface area contributed by atoms with Gasteiger partial charge in [-0.25, -0.2) is 0 Å². The molecule has 0 bridgehead atoms. The molecule has 1 atom stereocenters. The highest BCUT2D eigenvalue weighted by molar-refractivity contribution is 9.11. The van der Waals surface area contributed by atoms with Gasteiger partial charge < -0.3 is 9.47 Å². The van der Waals surface area contributed by atoms with Crippen LogP contribution in [0.1, 0.15) is 19.3 Å². The molecule has 0 N–H and O–H groups in total. The van der Waals surface area contributed by atoms with Crippen LogP contribution in [0.5, 0.6) is 0 Å². The van der Waals surface area contributed by atoms with E-state index in [9.17, 15) is 0 Å². The van der Waals surface area contributed by atoms with Crippen LogP contribution in [-0.4, -0.2) is 19.5 Å². The average molecular weight is 221 g/mol. The van der Waals surface area contributed by atoms with Gasteiger partial charge in [0, 0.05) is 6.61 Å². The van der Waals surface area contributed by atoms with Gasteiger partial charge in [-0.3, -0.25) is 0 Å². The van der Waals surface area contributed by atoms with Crippen LogP contribution < -0.4 is 0 Å². The van der Waals surface area contributed by atoms with E-state index in [0.29, 0.717) is 6.61 Å². The summed E-state index contributed by atoms with van der Waals surface area (Å²) in [4.78, 5) is 1.80. The van der Waals surface area contributed by atoms with Crippen LogP contribution in [0.2, 0.25) is 0 Å². The molecular formula is C8H13BrO2. The Kier molecular flexibility index (Phi) is 4.82. The van der Waals surface area contributed by atoms with Crippen LogP contribution in [0, 0.1) is 0 Å². The lowest BCUT2D eigenvalue weighted by Gasteiger charge is -2.21. The number of ether oxygens (including phenoxy) is 2. The van der Waals surface area contributed by atoms with Crippen molar-refractivity contribution in [2.24, 2.45) is 0 Å². The first kappa shape index (κ1) is 9.23. The summed E-state index contributed by atoms with van der Waals surface area (Å²) >= 11 is 3.17. The van der Waals surface area contributed by atoms with Gasteiger partial charge in [-0.2, -0.15) is 0 Å². The summed E-state index contributed by atoms with van der Waals surface area (Å²) in [5, 5.41) is 0. The summed E-state index contributed by atoms with van der Waals surface area (Å²) in [5.41, 5.74) is 0. The van der Waals surface area contributed by atoms with Crippen LogP contribution in [0.3, 0.4) is 0 Å². The molecule has 0 saturated carbocycles. The van der Waals surface area contributed by atoms with Crippen molar-refractivity contribution in [3.8, 4) is 0 Å². The monoisotopic (exact) mass is 220 g/mol. The van der Waals surface area contributed by atoms with Gasteiger partial charge in [0.25, 0.3) is 0 Å². The van der Waals surface area contributed by atoms with Gasteiger partial charge in [-0.15, -0.1) is 0 Å². The summed E-state index contributed by atoms with van der Waals surface area (Å²) in [6.07, 6.45) is 5.39. The summed E-state index contributed by atoms with van der Waals surface area (Å²) in [5.74, 6) is 0. The lowest BCUT2D eigenvalue weighted by Crippen LogP contribution is -2.22. The van der Waals surface area contributed by atoms with Gasteiger partial charge in [-0.1, -0.05) is 22.0 Å². The minimum absolute atomic E-state index is 0.0347. The van der Waals surface area contributed by atoms with E-state index in [0.717, 1.165) is 13.0 Å². The zero-order valence-electron chi connectivity index (χ0n) is 6.46. The van der Waals surface area contributed by atoms with Gasteiger partial charge in [0.1, 0.15) is 0 Å². The van der Waals surface area contributed by atoms with Crippen LogP contribution in [0.4, 0.5) is 0 Å². The van der Waals surface area contributed by atoms with Crippen molar-refractivity contribution >= 4 is 15.9 Å². The Morgan fingerprint density at radius 3 is 3.09 bits per heavy atom. The Morgan fingerprint density at radius 1 is 1.55 bits per heavy atom. The molecule has 1 aliphatic heterocycles. The molecule has 11 heavy (non-hydrogen) atoms. The quantitative estimate of drug-likeness (QED) is 0.728. The van der Waals surface area contributed by atoms with Crippen molar-refractivity contribution in [2.75, 3.05) is 13.2 Å². The second kappa shape index (κ2) is 5.75. The first-order valence-electron chi connectivity index (χ1n) is 3.92. The summed E-state index contributed by atoms with van der Waals surface area (Å²) in [6.45, 7) is 1.48. The molecule has 64 valence electrons. The molecule has 3 heteroatoms. The molecule has 0 aromatic heterocycles. The van der Waals surface area contributed by atoms with Crippen molar-refractivity contribution in [3.05, 3.63) is 11.1 Å². The molecule has 0 radical (unpaired) electrons. The lowest BCUT2D eigenvalue weighted by molar-refractivity contribution is -0.155. The Bertz CT molecular complexity index is 119. The molecule has 2 nitrogen and oxygen atoms in total. The molecule has 1 fully saturated rings. The average Bonchev–Trinajstić information content (AvgIpc) is 2.07. The second-order valence-corrected chi connectivity index (χ2v) is 3.02. The highest BCUT2D eigenvalue weighted by atomic mass is 79.9. The first-order valence-corrected chi connectivity index (χ1v) is 4.83. The highest BCUT2D eigenvalue weighted by Gasteiger charge is 2.12. The molecular weight excluding hydrogens is 208 g/mol. The molecule has 0 spiro atoms. The van der Waals surface area contributed by atoms with Gasteiger partial charge in [0.2, 0.25) is 0 Å². The number of halogens is 1. The molecule has 0 aromatic rings. The molecule has 1 heterocycles. The third-order valence-corrected chi connectivity index (χ3v) is 1.98. The fourth-order valence-corrected chi connectivity index (χ4v) is 1.19. The zero-order chi connectivity index (χ0) is 7.94. The van der Waals surface area contributed by atoms with E-state index in [1.165, 1.54) is 12.8 Å². The standard InChI is InChI=1S/C8H13BrO2/c9-5-3-7-11-8-4-1-2-6-10-8/h3,5,8H,1-2,4,6-7H2/b5-3+/t8-/m0/s1. The van der Waals surface area contributed by atoms with Crippen molar-refractivity contribution in [3.63, 3.8) is 0 Å². The van der Waals surface area contributed by atoms with E-state index in [4.69, 9.17) is 9.47 Å². The predicted octanol–water partition coefficient (Wildman–Crippen LogP) is 2.44. The summed E-state index contributed by atoms with van der Waals surface area (Å²) in [7, 11) is 0. The van der Waals surface area contributed by atoms with Gasteiger partial charge in [0.15, 0.2) is 6.29 Å². The number of hydrogen-bond donors (Lipinski definition) is 0. The molecule has 1 saturated heterocycles. The maximum atomic E-state index is 5.38. The fraction of sp³-hybridized carbons (Fsp3) is 0.750. The fourth-order valence-electron chi connectivity index (χ4n) is 1.04. The minimum atomic E-state index is 0.0347. The summed E-state index contributed by atoms with van der Waals surface area (Å²) < 4.78 is 10.7. The maximum absolute atomic E-state index is 5.38. The van der Waals surface area contributed by atoms with E-state index in [-0.39, 0.29) is 6.29 Å². The SMILES string of the molecule is Br/C=C/CO[C@H]1CCCCO1. The molecule has 0 aromatic carbocycles.